The van der Waals surface area contributed by atoms with Gasteiger partial charge in [-0.25, -0.2) is 26.3 Å². The van der Waals surface area contributed by atoms with Gasteiger partial charge in [0.05, 0.1) is 11.5 Å². The molecule has 0 fully saturated rings. The van der Waals surface area contributed by atoms with Crippen LogP contribution < -0.4 is 15.2 Å². The zero-order valence-corrected chi connectivity index (χ0v) is 10.2. The molecule has 0 aromatic rings. The van der Waals surface area contributed by atoms with Gasteiger partial charge in [0, 0.05) is 19.6 Å². The van der Waals surface area contributed by atoms with E-state index in [1.54, 1.807) is 6.92 Å². The van der Waals surface area contributed by atoms with Crippen LogP contribution in [0.1, 0.15) is 6.92 Å². The Hall–Kier alpha value is -0.220. The van der Waals surface area contributed by atoms with Crippen molar-refractivity contribution in [3.05, 3.63) is 0 Å². The maximum Gasteiger partial charge on any atom is 0.212 e. The lowest BCUT2D eigenvalue weighted by atomic mass is 10.8. The Bertz CT molecular complexity index is 326. The second-order valence-electron chi connectivity index (χ2n) is 2.82. The molecule has 9 heteroatoms. The highest BCUT2D eigenvalue weighted by molar-refractivity contribution is 7.90. The molecule has 0 saturated carbocycles. The molecular formula is C6H17N3O4S2. The summed E-state index contributed by atoms with van der Waals surface area (Å²) < 4.78 is 48.7. The Morgan fingerprint density at radius 3 is 2.00 bits per heavy atom. The molecular weight excluding hydrogens is 242 g/mol. The fourth-order valence-electron chi connectivity index (χ4n) is 0.851. The summed E-state index contributed by atoms with van der Waals surface area (Å²) in [4.78, 5) is 0. The lowest BCUT2D eigenvalue weighted by molar-refractivity contribution is 0.576. The van der Waals surface area contributed by atoms with Gasteiger partial charge >= 0.3 is 0 Å². The van der Waals surface area contributed by atoms with Gasteiger partial charge in [-0.15, -0.1) is 0 Å². The standard InChI is InChI=1S/C6H17N3O4S2/c1-2-8-15(12,13)6-4-9-14(10,11)5-3-7/h8-9H,2-7H2,1H3. The van der Waals surface area contributed by atoms with Crippen LogP contribution in [-0.4, -0.2) is 48.0 Å². The van der Waals surface area contributed by atoms with E-state index in [9.17, 15) is 16.8 Å². The minimum Gasteiger partial charge on any atom is -0.329 e. The Labute approximate surface area is 90.5 Å². The first-order valence-corrected chi connectivity index (χ1v) is 7.78. The van der Waals surface area contributed by atoms with Gasteiger partial charge in [-0.3, -0.25) is 0 Å². The van der Waals surface area contributed by atoms with Gasteiger partial charge in [0.1, 0.15) is 0 Å². The molecule has 0 amide bonds. The first kappa shape index (κ1) is 14.8. The van der Waals surface area contributed by atoms with Gasteiger partial charge in [-0.1, -0.05) is 6.92 Å². The highest BCUT2D eigenvalue weighted by atomic mass is 32.2. The predicted octanol–water partition coefficient (Wildman–Crippen LogP) is -2.20. The largest absolute Gasteiger partial charge is 0.329 e. The molecule has 0 aliphatic rings. The third kappa shape index (κ3) is 7.68. The maximum atomic E-state index is 11.1. The highest BCUT2D eigenvalue weighted by Crippen LogP contribution is 1.85. The van der Waals surface area contributed by atoms with Crippen molar-refractivity contribution in [2.24, 2.45) is 5.73 Å². The molecule has 0 aliphatic carbocycles. The lowest BCUT2D eigenvalue weighted by Gasteiger charge is -2.06. The molecule has 0 unspecified atom stereocenters. The quantitative estimate of drug-likeness (QED) is 0.457. The molecule has 7 nitrogen and oxygen atoms in total. The highest BCUT2D eigenvalue weighted by Gasteiger charge is 2.12. The van der Waals surface area contributed by atoms with Crippen LogP contribution in [0.4, 0.5) is 0 Å². The molecule has 0 bridgehead atoms. The van der Waals surface area contributed by atoms with Crippen LogP contribution in [0, 0.1) is 0 Å². The van der Waals surface area contributed by atoms with E-state index in [2.05, 4.69) is 9.44 Å². The zero-order chi connectivity index (χ0) is 11.9. The van der Waals surface area contributed by atoms with Crippen molar-refractivity contribution >= 4 is 20.0 Å². The molecule has 0 rings (SSSR count). The van der Waals surface area contributed by atoms with E-state index in [4.69, 9.17) is 5.73 Å². The number of nitrogens with two attached hydrogens (primary N) is 1. The molecule has 0 aromatic carbocycles. The van der Waals surface area contributed by atoms with Crippen molar-refractivity contribution in [3.63, 3.8) is 0 Å². The molecule has 0 heterocycles. The van der Waals surface area contributed by atoms with Crippen LogP contribution in [0.25, 0.3) is 0 Å². The lowest BCUT2D eigenvalue weighted by Crippen LogP contribution is -2.36. The second-order valence-corrected chi connectivity index (χ2v) is 6.67. The third-order valence-electron chi connectivity index (χ3n) is 1.44. The summed E-state index contributed by atoms with van der Waals surface area (Å²) in [7, 11) is -6.81. The minimum absolute atomic E-state index is 0.00922. The molecule has 15 heavy (non-hydrogen) atoms. The molecule has 0 saturated heterocycles. The van der Waals surface area contributed by atoms with Crippen LogP contribution in [-0.2, 0) is 20.0 Å². The van der Waals surface area contributed by atoms with Gasteiger partial charge in [0.2, 0.25) is 20.0 Å². The van der Waals surface area contributed by atoms with Crippen LogP contribution in [0.15, 0.2) is 0 Å². The van der Waals surface area contributed by atoms with E-state index < -0.39 is 20.0 Å². The average Bonchev–Trinajstić information content (AvgIpc) is 2.02. The topological polar surface area (TPSA) is 118 Å². The third-order valence-corrected chi connectivity index (χ3v) is 4.33. The van der Waals surface area contributed by atoms with Crippen LogP contribution >= 0.6 is 0 Å². The van der Waals surface area contributed by atoms with E-state index in [1.807, 2.05) is 0 Å². The molecule has 92 valence electrons. The van der Waals surface area contributed by atoms with Crippen LogP contribution in [0.3, 0.4) is 0 Å². The monoisotopic (exact) mass is 259 g/mol. The maximum absolute atomic E-state index is 11.1. The molecule has 0 aliphatic heterocycles. The van der Waals surface area contributed by atoms with E-state index in [0.717, 1.165) is 0 Å². The Morgan fingerprint density at radius 1 is 1.00 bits per heavy atom. The summed E-state index contributed by atoms with van der Waals surface area (Å²) in [5.74, 6) is -0.473. The SMILES string of the molecule is CCNS(=O)(=O)CCNS(=O)(=O)CCN. The van der Waals surface area contributed by atoms with E-state index >= 15 is 0 Å². The van der Waals surface area contributed by atoms with Crippen LogP contribution in [0.5, 0.6) is 0 Å². The fraction of sp³-hybridized carbons (Fsp3) is 1.00. The minimum atomic E-state index is -3.44. The Balaban J connectivity index is 4.00. The van der Waals surface area contributed by atoms with Crippen molar-refractivity contribution < 1.29 is 16.8 Å². The Morgan fingerprint density at radius 2 is 1.53 bits per heavy atom. The Kier molecular flexibility index (Phi) is 6.29. The van der Waals surface area contributed by atoms with Crippen molar-refractivity contribution in [1.82, 2.24) is 9.44 Å². The summed E-state index contributed by atoms with van der Waals surface area (Å²) in [6.45, 7) is 1.81. The zero-order valence-electron chi connectivity index (χ0n) is 8.56. The van der Waals surface area contributed by atoms with E-state index in [0.29, 0.717) is 0 Å². The first-order valence-electron chi connectivity index (χ1n) is 4.47. The predicted molar refractivity (Wildman–Crippen MR) is 58.3 cm³/mol. The number of rotatable bonds is 8. The van der Waals surface area contributed by atoms with Crippen LogP contribution in [0.2, 0.25) is 0 Å². The number of sulfonamides is 2. The van der Waals surface area contributed by atoms with Crippen molar-refractivity contribution in [2.45, 2.75) is 6.92 Å². The van der Waals surface area contributed by atoms with E-state index in [-0.39, 0.29) is 31.1 Å². The smallest absolute Gasteiger partial charge is 0.212 e. The van der Waals surface area contributed by atoms with E-state index in [1.165, 1.54) is 0 Å². The van der Waals surface area contributed by atoms with Gasteiger partial charge in [-0.2, -0.15) is 0 Å². The fourth-order valence-corrected chi connectivity index (χ4v) is 2.80. The number of nitrogens with one attached hydrogen (secondary N) is 2. The van der Waals surface area contributed by atoms with Gasteiger partial charge < -0.3 is 5.73 Å². The summed E-state index contributed by atoms with van der Waals surface area (Å²) in [6, 6.07) is 0. The van der Waals surface area contributed by atoms with Gasteiger partial charge in [-0.05, 0) is 0 Å². The van der Waals surface area contributed by atoms with Crippen molar-refractivity contribution in [1.29, 1.82) is 0 Å². The molecule has 0 radical (unpaired) electrons. The summed E-state index contributed by atoms with van der Waals surface area (Å²) in [6.07, 6.45) is 0. The first-order chi connectivity index (χ1) is 6.83. The second kappa shape index (κ2) is 6.38. The average molecular weight is 259 g/mol. The van der Waals surface area contributed by atoms with Gasteiger partial charge in [0.15, 0.2) is 0 Å². The molecule has 0 aromatic heterocycles. The van der Waals surface area contributed by atoms with Crippen molar-refractivity contribution in [3.8, 4) is 0 Å². The summed E-state index contributed by atoms with van der Waals surface area (Å²) in [5, 5.41) is 0. The van der Waals surface area contributed by atoms with Crippen molar-refractivity contribution in [2.75, 3.05) is 31.1 Å². The molecule has 0 spiro atoms. The summed E-state index contributed by atoms with van der Waals surface area (Å²) in [5.41, 5.74) is 5.07. The summed E-state index contributed by atoms with van der Waals surface area (Å²) >= 11 is 0. The van der Waals surface area contributed by atoms with Gasteiger partial charge in [0.25, 0.3) is 0 Å². The number of hydrogen-bond acceptors (Lipinski definition) is 5. The molecule has 4 N–H and O–H groups in total. The molecule has 0 atom stereocenters. The number of hydrogen-bond donors (Lipinski definition) is 3. The normalized spacial score (nSPS) is 12.9.